The van der Waals surface area contributed by atoms with E-state index < -0.39 is 17.9 Å². The summed E-state index contributed by atoms with van der Waals surface area (Å²) in [5.41, 5.74) is 0.568. The smallest absolute Gasteiger partial charge is 0.330 e. The second-order valence-electron chi connectivity index (χ2n) is 5.44. The molecule has 1 aromatic carbocycles. The van der Waals surface area contributed by atoms with Crippen molar-refractivity contribution in [3.63, 3.8) is 0 Å². The Balaban J connectivity index is 1.75. The zero-order valence-corrected chi connectivity index (χ0v) is 12.1. The molecule has 7 heteroatoms. The molecule has 3 N–H and O–H groups in total. The molecule has 118 valence electrons. The number of aromatic nitrogens is 2. The van der Waals surface area contributed by atoms with Crippen molar-refractivity contribution in [2.45, 2.75) is 24.8 Å². The number of hydrogen-bond acceptors (Lipinski definition) is 5. The van der Waals surface area contributed by atoms with Gasteiger partial charge in [0, 0.05) is 18.3 Å². The fourth-order valence-corrected chi connectivity index (χ4v) is 2.18. The SMILES string of the molecule is O=C(N[C@@H](C(=O)O)c1ccc(O)cc1)c1cnc(C2CC2)nc1. The van der Waals surface area contributed by atoms with E-state index >= 15 is 0 Å². The first kappa shape index (κ1) is 15.0. The zero-order chi connectivity index (χ0) is 16.4. The zero-order valence-electron chi connectivity index (χ0n) is 12.1. The standard InChI is InChI=1S/C16H15N3O4/c20-12-5-3-9(4-6-12)13(16(22)23)19-15(21)11-7-17-14(18-8-11)10-1-2-10/h3-8,10,13,20H,1-2H2,(H,19,21)(H,22,23)/t13-/m1/s1. The van der Waals surface area contributed by atoms with Crippen molar-refractivity contribution in [2.24, 2.45) is 0 Å². The summed E-state index contributed by atoms with van der Waals surface area (Å²) >= 11 is 0. The van der Waals surface area contributed by atoms with Crippen molar-refractivity contribution in [3.05, 3.63) is 53.6 Å². The van der Waals surface area contributed by atoms with Crippen molar-refractivity contribution in [3.8, 4) is 5.75 Å². The van der Waals surface area contributed by atoms with Crippen LogP contribution in [0.1, 0.15) is 46.5 Å². The maximum atomic E-state index is 12.2. The average molecular weight is 313 g/mol. The molecule has 1 aromatic heterocycles. The largest absolute Gasteiger partial charge is 0.508 e. The summed E-state index contributed by atoms with van der Waals surface area (Å²) in [5, 5.41) is 21.0. The van der Waals surface area contributed by atoms with Crippen LogP contribution in [0.2, 0.25) is 0 Å². The van der Waals surface area contributed by atoms with E-state index in [1.807, 2.05) is 0 Å². The summed E-state index contributed by atoms with van der Waals surface area (Å²) in [6.45, 7) is 0. The number of carbonyl (C=O) groups excluding carboxylic acids is 1. The highest BCUT2D eigenvalue weighted by Gasteiger charge is 2.27. The molecule has 1 amide bonds. The number of amides is 1. The number of nitrogens with one attached hydrogen (secondary N) is 1. The molecule has 1 fully saturated rings. The maximum Gasteiger partial charge on any atom is 0.330 e. The van der Waals surface area contributed by atoms with Gasteiger partial charge in [-0.2, -0.15) is 0 Å². The minimum atomic E-state index is -1.22. The van der Waals surface area contributed by atoms with Gasteiger partial charge in [0.15, 0.2) is 6.04 Å². The number of nitrogens with zero attached hydrogens (tertiary/aromatic N) is 2. The van der Waals surface area contributed by atoms with Crippen LogP contribution in [0.25, 0.3) is 0 Å². The van der Waals surface area contributed by atoms with Crippen LogP contribution in [0.5, 0.6) is 5.75 Å². The van der Waals surface area contributed by atoms with Gasteiger partial charge < -0.3 is 15.5 Å². The predicted octanol–water partition coefficient (Wildman–Crippen LogP) is 1.62. The highest BCUT2D eigenvalue weighted by Crippen LogP contribution is 2.37. The Hall–Kier alpha value is -2.96. The Morgan fingerprint density at radius 3 is 2.26 bits per heavy atom. The van der Waals surface area contributed by atoms with E-state index in [0.717, 1.165) is 18.7 Å². The summed E-state index contributed by atoms with van der Waals surface area (Å²) < 4.78 is 0. The third-order valence-electron chi connectivity index (χ3n) is 3.63. The normalized spacial score (nSPS) is 15.0. The molecule has 2 aromatic rings. The molecule has 0 saturated heterocycles. The first-order valence-electron chi connectivity index (χ1n) is 7.19. The van der Waals surface area contributed by atoms with E-state index in [9.17, 15) is 19.8 Å². The average Bonchev–Trinajstić information content (AvgIpc) is 3.38. The second-order valence-corrected chi connectivity index (χ2v) is 5.44. The Morgan fingerprint density at radius 1 is 1.13 bits per heavy atom. The lowest BCUT2D eigenvalue weighted by atomic mass is 10.1. The summed E-state index contributed by atoms with van der Waals surface area (Å²) in [5.74, 6) is -0.633. The number of aromatic hydroxyl groups is 1. The molecule has 1 atom stereocenters. The molecular formula is C16H15N3O4. The number of phenols is 1. The fraction of sp³-hybridized carbons (Fsp3) is 0.250. The number of hydrogen-bond donors (Lipinski definition) is 3. The van der Waals surface area contributed by atoms with E-state index in [1.165, 1.54) is 36.7 Å². The van der Waals surface area contributed by atoms with Crippen LogP contribution in [0.15, 0.2) is 36.7 Å². The van der Waals surface area contributed by atoms with Crippen molar-refractivity contribution in [1.29, 1.82) is 0 Å². The molecule has 1 saturated carbocycles. The molecule has 1 heterocycles. The molecule has 0 radical (unpaired) electrons. The van der Waals surface area contributed by atoms with Gasteiger partial charge in [-0.15, -0.1) is 0 Å². The van der Waals surface area contributed by atoms with Gasteiger partial charge in [-0.1, -0.05) is 12.1 Å². The molecule has 1 aliphatic carbocycles. The van der Waals surface area contributed by atoms with Crippen LogP contribution in [0, 0.1) is 0 Å². The monoisotopic (exact) mass is 313 g/mol. The van der Waals surface area contributed by atoms with Crippen LogP contribution < -0.4 is 5.32 Å². The van der Waals surface area contributed by atoms with Crippen molar-refractivity contribution < 1.29 is 19.8 Å². The molecule has 3 rings (SSSR count). The first-order valence-corrected chi connectivity index (χ1v) is 7.19. The highest BCUT2D eigenvalue weighted by molar-refractivity contribution is 5.96. The minimum Gasteiger partial charge on any atom is -0.508 e. The maximum absolute atomic E-state index is 12.2. The topological polar surface area (TPSA) is 112 Å². The van der Waals surface area contributed by atoms with Gasteiger partial charge in [-0.25, -0.2) is 14.8 Å². The Bertz CT molecular complexity index is 724. The molecule has 0 bridgehead atoms. The van der Waals surface area contributed by atoms with Gasteiger partial charge in [0.05, 0.1) is 5.56 Å². The number of carboxylic acids is 1. The third-order valence-corrected chi connectivity index (χ3v) is 3.63. The lowest BCUT2D eigenvalue weighted by molar-refractivity contribution is -0.139. The third kappa shape index (κ3) is 3.45. The molecule has 0 spiro atoms. The van der Waals surface area contributed by atoms with Crippen LogP contribution in [-0.4, -0.2) is 32.1 Å². The lowest BCUT2D eigenvalue weighted by Gasteiger charge is -2.15. The molecular weight excluding hydrogens is 298 g/mol. The molecule has 0 aliphatic heterocycles. The summed E-state index contributed by atoms with van der Waals surface area (Å²) in [6, 6.07) is 4.41. The second kappa shape index (κ2) is 6.04. The number of phenolic OH excluding ortho intramolecular Hbond substituents is 1. The number of carbonyl (C=O) groups is 2. The van der Waals surface area contributed by atoms with Crippen LogP contribution >= 0.6 is 0 Å². The van der Waals surface area contributed by atoms with Crippen LogP contribution in [0.4, 0.5) is 0 Å². The van der Waals surface area contributed by atoms with Gasteiger partial charge in [-0.05, 0) is 30.5 Å². The predicted molar refractivity (Wildman–Crippen MR) is 80.0 cm³/mol. The van der Waals surface area contributed by atoms with E-state index in [4.69, 9.17) is 0 Å². The Morgan fingerprint density at radius 2 is 1.74 bits per heavy atom. The van der Waals surface area contributed by atoms with E-state index in [2.05, 4.69) is 15.3 Å². The van der Waals surface area contributed by atoms with Crippen LogP contribution in [0.3, 0.4) is 0 Å². The Labute approximate surface area is 132 Å². The quantitative estimate of drug-likeness (QED) is 0.773. The molecule has 0 unspecified atom stereocenters. The number of aliphatic carboxylic acids is 1. The first-order chi connectivity index (χ1) is 11.0. The number of carboxylic acid groups (broad SMARTS) is 1. The van der Waals surface area contributed by atoms with Gasteiger partial charge in [0.1, 0.15) is 11.6 Å². The fourth-order valence-electron chi connectivity index (χ4n) is 2.18. The summed E-state index contributed by atoms with van der Waals surface area (Å²) in [4.78, 5) is 31.9. The minimum absolute atomic E-state index is 0.0216. The van der Waals surface area contributed by atoms with E-state index in [-0.39, 0.29) is 11.3 Å². The molecule has 1 aliphatic rings. The lowest BCUT2D eigenvalue weighted by Crippen LogP contribution is -2.33. The van der Waals surface area contributed by atoms with Gasteiger partial charge in [0.25, 0.3) is 5.91 Å². The van der Waals surface area contributed by atoms with Crippen molar-refractivity contribution >= 4 is 11.9 Å². The number of rotatable bonds is 5. The Kier molecular flexibility index (Phi) is 3.92. The highest BCUT2D eigenvalue weighted by atomic mass is 16.4. The summed E-state index contributed by atoms with van der Waals surface area (Å²) in [7, 11) is 0. The molecule has 7 nitrogen and oxygen atoms in total. The number of benzene rings is 1. The van der Waals surface area contributed by atoms with Gasteiger partial charge in [0.2, 0.25) is 0 Å². The van der Waals surface area contributed by atoms with E-state index in [0.29, 0.717) is 11.5 Å². The van der Waals surface area contributed by atoms with Gasteiger partial charge in [-0.3, -0.25) is 4.79 Å². The van der Waals surface area contributed by atoms with Crippen molar-refractivity contribution in [2.75, 3.05) is 0 Å². The van der Waals surface area contributed by atoms with Gasteiger partial charge >= 0.3 is 5.97 Å². The summed E-state index contributed by atoms with van der Waals surface area (Å²) in [6.07, 6.45) is 4.94. The van der Waals surface area contributed by atoms with Crippen LogP contribution in [-0.2, 0) is 4.79 Å². The van der Waals surface area contributed by atoms with E-state index in [1.54, 1.807) is 0 Å². The van der Waals surface area contributed by atoms with Crippen molar-refractivity contribution in [1.82, 2.24) is 15.3 Å². The molecule has 23 heavy (non-hydrogen) atoms.